The van der Waals surface area contributed by atoms with Gasteiger partial charge in [-0.2, -0.15) is 0 Å². The molecule has 2 aromatic rings. The maximum Gasteiger partial charge on any atom is 0.326 e. The lowest BCUT2D eigenvalue weighted by Crippen LogP contribution is -2.43. The van der Waals surface area contributed by atoms with Crippen molar-refractivity contribution in [2.75, 3.05) is 26.8 Å². The third-order valence-corrected chi connectivity index (χ3v) is 4.34. The van der Waals surface area contributed by atoms with Gasteiger partial charge in [-0.1, -0.05) is 0 Å². The maximum atomic E-state index is 12.5. The highest BCUT2D eigenvalue weighted by Gasteiger charge is 2.25. The number of likely N-dealkylation sites (tertiary alicyclic amines) is 1. The molecule has 1 saturated heterocycles. The number of carbonyl (C=O) groups excluding carboxylic acids is 1. The summed E-state index contributed by atoms with van der Waals surface area (Å²) < 4.78 is 10.9. The second-order valence-electron chi connectivity index (χ2n) is 6.25. The van der Waals surface area contributed by atoms with Gasteiger partial charge >= 0.3 is 5.69 Å². The molecule has 1 aromatic carbocycles. The van der Waals surface area contributed by atoms with Gasteiger partial charge in [0.1, 0.15) is 17.2 Å². The lowest BCUT2D eigenvalue weighted by Gasteiger charge is -2.32. The number of hydrogen-bond donors (Lipinski definition) is 2. The van der Waals surface area contributed by atoms with Crippen LogP contribution >= 0.6 is 0 Å². The number of methoxy groups -OCH3 is 1. The van der Waals surface area contributed by atoms with Gasteiger partial charge in [-0.15, -0.1) is 0 Å². The number of piperidine rings is 1. The van der Waals surface area contributed by atoms with Crippen LogP contribution in [-0.4, -0.2) is 47.6 Å². The van der Waals surface area contributed by atoms with Crippen LogP contribution in [-0.2, 0) is 0 Å². The molecule has 0 bridgehead atoms. The van der Waals surface area contributed by atoms with Crippen molar-refractivity contribution >= 4 is 5.91 Å². The number of aromatic amines is 2. The van der Waals surface area contributed by atoms with Crippen molar-refractivity contribution in [1.82, 2.24) is 14.9 Å². The van der Waals surface area contributed by atoms with E-state index < -0.39 is 11.2 Å². The van der Waals surface area contributed by atoms with Gasteiger partial charge in [0, 0.05) is 25.1 Å². The van der Waals surface area contributed by atoms with Crippen molar-refractivity contribution in [3.05, 3.63) is 56.9 Å². The molecule has 2 heterocycles. The molecule has 1 aliphatic rings. The number of hydrogen-bond acceptors (Lipinski definition) is 5. The van der Waals surface area contributed by atoms with Gasteiger partial charge in [-0.3, -0.25) is 14.6 Å². The molecule has 138 valence electrons. The molecule has 2 N–H and O–H groups in total. The minimum absolute atomic E-state index is 0.00970. The summed E-state index contributed by atoms with van der Waals surface area (Å²) in [6.07, 6.45) is 1.79. The number of aromatic nitrogens is 2. The number of nitrogens with zero attached hydrogens (tertiary/aromatic N) is 1. The summed E-state index contributed by atoms with van der Waals surface area (Å²) in [5.74, 6) is 1.35. The molecular formula is C18H21N3O5. The number of amides is 1. The summed E-state index contributed by atoms with van der Waals surface area (Å²) in [5, 5.41) is 0. The van der Waals surface area contributed by atoms with Crippen LogP contribution in [0, 0.1) is 5.92 Å². The molecule has 1 aliphatic heterocycles. The first-order chi connectivity index (χ1) is 12.5. The van der Waals surface area contributed by atoms with E-state index in [1.54, 1.807) is 12.0 Å². The van der Waals surface area contributed by atoms with Gasteiger partial charge in [-0.25, -0.2) is 4.79 Å². The van der Waals surface area contributed by atoms with Crippen molar-refractivity contribution in [1.29, 1.82) is 0 Å². The molecule has 1 amide bonds. The Morgan fingerprint density at radius 3 is 2.62 bits per heavy atom. The molecule has 1 aromatic heterocycles. The fourth-order valence-electron chi connectivity index (χ4n) is 3.03. The highest BCUT2D eigenvalue weighted by Crippen LogP contribution is 2.21. The topological polar surface area (TPSA) is 104 Å². The molecule has 0 unspecified atom stereocenters. The fraction of sp³-hybridized carbons (Fsp3) is 0.389. The summed E-state index contributed by atoms with van der Waals surface area (Å²) in [7, 11) is 1.61. The normalized spacial score (nSPS) is 17.0. The van der Waals surface area contributed by atoms with Crippen molar-refractivity contribution in [2.45, 2.75) is 12.8 Å². The third kappa shape index (κ3) is 4.33. The predicted octanol–water partition coefficient (Wildman–Crippen LogP) is 1.00. The highest BCUT2D eigenvalue weighted by atomic mass is 16.5. The van der Waals surface area contributed by atoms with Gasteiger partial charge in [-0.05, 0) is 37.1 Å². The summed E-state index contributed by atoms with van der Waals surface area (Å²) in [6, 6.07) is 8.45. The maximum absolute atomic E-state index is 12.5. The number of carbonyl (C=O) groups is 1. The van der Waals surface area contributed by atoms with E-state index in [4.69, 9.17) is 9.47 Å². The quantitative estimate of drug-likeness (QED) is 0.829. The molecule has 8 nitrogen and oxygen atoms in total. The van der Waals surface area contributed by atoms with E-state index >= 15 is 0 Å². The smallest absolute Gasteiger partial charge is 0.326 e. The SMILES string of the molecule is COc1ccc(OC[C@H]2CCCN(C(=O)c3cc(=O)[nH]c(=O)[nH]3)C2)cc1. The van der Waals surface area contributed by atoms with E-state index in [0.717, 1.165) is 30.4 Å². The van der Waals surface area contributed by atoms with Crippen molar-refractivity contribution in [3.63, 3.8) is 0 Å². The lowest BCUT2D eigenvalue weighted by atomic mass is 9.98. The van der Waals surface area contributed by atoms with Crippen LogP contribution in [0.15, 0.2) is 39.9 Å². The Balaban J connectivity index is 1.60. The monoisotopic (exact) mass is 359 g/mol. The Labute approximate surface area is 149 Å². The molecular weight excluding hydrogens is 338 g/mol. The van der Waals surface area contributed by atoms with E-state index in [1.807, 2.05) is 24.3 Å². The fourth-order valence-corrected chi connectivity index (χ4v) is 3.03. The average molecular weight is 359 g/mol. The van der Waals surface area contributed by atoms with E-state index in [2.05, 4.69) is 9.97 Å². The van der Waals surface area contributed by atoms with Crippen LogP contribution in [0.5, 0.6) is 11.5 Å². The van der Waals surface area contributed by atoms with Crippen LogP contribution in [0.3, 0.4) is 0 Å². The van der Waals surface area contributed by atoms with Gasteiger partial charge in [0.2, 0.25) is 0 Å². The molecule has 1 fully saturated rings. The Bertz CT molecular complexity index is 843. The van der Waals surface area contributed by atoms with E-state index in [9.17, 15) is 14.4 Å². The average Bonchev–Trinajstić information content (AvgIpc) is 2.65. The highest BCUT2D eigenvalue weighted by molar-refractivity contribution is 5.92. The summed E-state index contributed by atoms with van der Waals surface area (Å²) in [6.45, 7) is 1.60. The second-order valence-corrected chi connectivity index (χ2v) is 6.25. The summed E-state index contributed by atoms with van der Waals surface area (Å²) in [5.41, 5.74) is -1.26. The zero-order chi connectivity index (χ0) is 18.5. The number of benzene rings is 1. The molecule has 8 heteroatoms. The molecule has 0 saturated carbocycles. The Kier molecular flexibility index (Phi) is 5.40. The molecule has 3 rings (SSSR count). The van der Waals surface area contributed by atoms with Gasteiger partial charge < -0.3 is 19.4 Å². The van der Waals surface area contributed by atoms with Gasteiger partial charge in [0.25, 0.3) is 11.5 Å². The summed E-state index contributed by atoms with van der Waals surface area (Å²) >= 11 is 0. The van der Waals surface area contributed by atoms with E-state index in [0.29, 0.717) is 19.7 Å². The molecule has 1 atom stereocenters. The van der Waals surface area contributed by atoms with Crippen molar-refractivity contribution in [2.24, 2.45) is 5.92 Å². The van der Waals surface area contributed by atoms with Crippen LogP contribution < -0.4 is 20.7 Å². The zero-order valence-corrected chi connectivity index (χ0v) is 14.5. The molecule has 0 radical (unpaired) electrons. The lowest BCUT2D eigenvalue weighted by molar-refractivity contribution is 0.0627. The van der Waals surface area contributed by atoms with Crippen LogP contribution in [0.4, 0.5) is 0 Å². The van der Waals surface area contributed by atoms with Gasteiger partial charge in [0.15, 0.2) is 0 Å². The van der Waals surface area contributed by atoms with Crippen LogP contribution in [0.25, 0.3) is 0 Å². The van der Waals surface area contributed by atoms with Crippen molar-refractivity contribution < 1.29 is 14.3 Å². The zero-order valence-electron chi connectivity index (χ0n) is 14.5. The summed E-state index contributed by atoms with van der Waals surface area (Å²) in [4.78, 5) is 41.4. The first kappa shape index (κ1) is 17.8. The Morgan fingerprint density at radius 1 is 1.19 bits per heavy atom. The number of ether oxygens (including phenoxy) is 2. The minimum atomic E-state index is -0.683. The number of H-pyrrole nitrogens is 2. The standard InChI is InChI=1S/C18H21N3O5/c1-25-13-4-6-14(7-5-13)26-11-12-3-2-8-21(10-12)17(23)15-9-16(22)20-18(24)19-15/h4-7,9,12H,2-3,8,10-11H2,1H3,(H2,19,20,22,24)/t12-/m0/s1. The first-order valence-electron chi connectivity index (χ1n) is 8.45. The van der Waals surface area contributed by atoms with Crippen LogP contribution in [0.2, 0.25) is 0 Å². The second kappa shape index (κ2) is 7.90. The number of nitrogens with one attached hydrogen (secondary N) is 2. The van der Waals surface area contributed by atoms with E-state index in [1.165, 1.54) is 0 Å². The largest absolute Gasteiger partial charge is 0.497 e. The van der Waals surface area contributed by atoms with E-state index in [-0.39, 0.29) is 17.5 Å². The first-order valence-corrected chi connectivity index (χ1v) is 8.45. The molecule has 0 spiro atoms. The molecule has 26 heavy (non-hydrogen) atoms. The Hall–Kier alpha value is -3.03. The minimum Gasteiger partial charge on any atom is -0.497 e. The number of rotatable bonds is 5. The van der Waals surface area contributed by atoms with Crippen LogP contribution in [0.1, 0.15) is 23.3 Å². The van der Waals surface area contributed by atoms with Crippen molar-refractivity contribution in [3.8, 4) is 11.5 Å². The third-order valence-electron chi connectivity index (χ3n) is 4.34. The Morgan fingerprint density at radius 2 is 1.92 bits per heavy atom. The predicted molar refractivity (Wildman–Crippen MR) is 94.8 cm³/mol. The molecule has 0 aliphatic carbocycles. The van der Waals surface area contributed by atoms with Gasteiger partial charge in [0.05, 0.1) is 13.7 Å².